The Morgan fingerprint density at radius 3 is 2.73 bits per heavy atom. The van der Waals surface area contributed by atoms with Crippen molar-refractivity contribution in [3.63, 3.8) is 0 Å². The van der Waals surface area contributed by atoms with E-state index in [-0.39, 0.29) is 5.41 Å². The maximum Gasteiger partial charge on any atom is 0.0949 e. The van der Waals surface area contributed by atoms with Crippen molar-refractivity contribution >= 4 is 23.3 Å². The van der Waals surface area contributed by atoms with E-state index in [0.29, 0.717) is 0 Å². The molecule has 0 amide bonds. The lowest BCUT2D eigenvalue weighted by atomic mass is 9.83. The second-order valence-electron chi connectivity index (χ2n) is 7.45. The molecule has 0 unspecified atom stereocenters. The molecule has 1 aromatic carbocycles. The third-order valence-electron chi connectivity index (χ3n) is 5.78. The van der Waals surface area contributed by atoms with Gasteiger partial charge in [-0.05, 0) is 66.3 Å². The molecule has 2 aliphatic rings. The minimum absolute atomic E-state index is 0.0201. The molecule has 3 aromatic rings. The van der Waals surface area contributed by atoms with E-state index < -0.39 is 0 Å². The van der Waals surface area contributed by atoms with Crippen LogP contribution in [0, 0.1) is 6.92 Å². The molecule has 2 aliphatic carbocycles. The van der Waals surface area contributed by atoms with Crippen LogP contribution in [0.3, 0.4) is 0 Å². The number of aryl methyl sites for hydroxylation is 2. The van der Waals surface area contributed by atoms with E-state index in [2.05, 4.69) is 52.8 Å². The van der Waals surface area contributed by atoms with Gasteiger partial charge in [0.15, 0.2) is 0 Å². The summed E-state index contributed by atoms with van der Waals surface area (Å²) in [6, 6.07) is 10.5. The van der Waals surface area contributed by atoms with Crippen molar-refractivity contribution in [2.45, 2.75) is 31.6 Å². The summed E-state index contributed by atoms with van der Waals surface area (Å²) in [6.45, 7) is 2.11. The molecule has 0 spiro atoms. The molecule has 2 heterocycles. The van der Waals surface area contributed by atoms with Crippen LogP contribution in [0.15, 0.2) is 42.9 Å². The molecule has 0 bridgehead atoms. The zero-order chi connectivity index (χ0) is 17.9. The SMILES string of the molecule is Cc1ncn(C)c1C1(C2=Cc3cccnc3Cc3ccc(Cl)cc32)CC1. The number of pyridine rings is 1. The second kappa shape index (κ2) is 5.55. The highest BCUT2D eigenvalue weighted by Gasteiger charge is 2.51. The Morgan fingerprint density at radius 2 is 2.00 bits per heavy atom. The maximum absolute atomic E-state index is 6.40. The highest BCUT2D eigenvalue weighted by atomic mass is 35.5. The van der Waals surface area contributed by atoms with Gasteiger partial charge >= 0.3 is 0 Å². The molecule has 0 atom stereocenters. The van der Waals surface area contributed by atoms with E-state index in [9.17, 15) is 0 Å². The minimum Gasteiger partial charge on any atom is -0.337 e. The molecule has 130 valence electrons. The van der Waals surface area contributed by atoms with Gasteiger partial charge in [0.25, 0.3) is 0 Å². The summed E-state index contributed by atoms with van der Waals surface area (Å²) in [4.78, 5) is 9.20. The smallest absolute Gasteiger partial charge is 0.0949 e. The van der Waals surface area contributed by atoms with Crippen molar-refractivity contribution in [3.05, 3.63) is 81.7 Å². The molecule has 1 fully saturated rings. The van der Waals surface area contributed by atoms with Gasteiger partial charge in [-0.15, -0.1) is 0 Å². The average molecular weight is 362 g/mol. The van der Waals surface area contributed by atoms with Gasteiger partial charge in [0.1, 0.15) is 0 Å². The van der Waals surface area contributed by atoms with Crippen LogP contribution < -0.4 is 0 Å². The number of hydrogen-bond donors (Lipinski definition) is 0. The Labute approximate surface area is 158 Å². The van der Waals surface area contributed by atoms with Crippen molar-refractivity contribution in [3.8, 4) is 0 Å². The fraction of sp³-hybridized carbons (Fsp3) is 0.273. The Balaban J connectivity index is 1.80. The van der Waals surface area contributed by atoms with Crippen LogP contribution >= 0.6 is 11.6 Å². The van der Waals surface area contributed by atoms with E-state index in [1.54, 1.807) is 0 Å². The summed E-state index contributed by atoms with van der Waals surface area (Å²) in [5.74, 6) is 0. The lowest BCUT2D eigenvalue weighted by Crippen LogP contribution is -2.16. The van der Waals surface area contributed by atoms with Gasteiger partial charge in [-0.1, -0.05) is 23.7 Å². The molecular formula is C22H20ClN3. The monoisotopic (exact) mass is 361 g/mol. The van der Waals surface area contributed by atoms with Gasteiger partial charge in [0.05, 0.1) is 23.4 Å². The standard InChI is InChI=1S/C22H20ClN3/c1-14-21(26(2)13-25-14)22(7-8-22)19-10-16-4-3-9-24-20(16)11-15-5-6-17(23)12-18(15)19/h3-6,9-10,12-13H,7-8,11H2,1-2H3. The molecule has 4 heteroatoms. The maximum atomic E-state index is 6.40. The van der Waals surface area contributed by atoms with Gasteiger partial charge in [0, 0.05) is 30.1 Å². The van der Waals surface area contributed by atoms with Crippen LogP contribution in [0.1, 0.15) is 46.6 Å². The number of nitrogens with zero attached hydrogens (tertiary/aromatic N) is 3. The first kappa shape index (κ1) is 15.8. The summed E-state index contributed by atoms with van der Waals surface area (Å²) in [6.07, 6.45) is 9.26. The molecule has 1 saturated carbocycles. The zero-order valence-corrected chi connectivity index (χ0v) is 15.7. The van der Waals surface area contributed by atoms with Crippen molar-refractivity contribution in [2.75, 3.05) is 0 Å². The molecule has 0 aliphatic heterocycles. The van der Waals surface area contributed by atoms with Crippen LogP contribution in [-0.2, 0) is 18.9 Å². The summed E-state index contributed by atoms with van der Waals surface area (Å²) in [5, 5.41) is 0.783. The number of rotatable bonds is 2. The Bertz CT molecular complexity index is 1040. The predicted octanol–water partition coefficient (Wildman–Crippen LogP) is 4.95. The first-order valence-corrected chi connectivity index (χ1v) is 9.39. The van der Waals surface area contributed by atoms with Crippen molar-refractivity contribution in [2.24, 2.45) is 7.05 Å². The summed E-state index contributed by atoms with van der Waals surface area (Å²) < 4.78 is 2.18. The van der Waals surface area contributed by atoms with Gasteiger partial charge in [-0.25, -0.2) is 4.98 Å². The lowest BCUT2D eigenvalue weighted by Gasteiger charge is -2.23. The normalized spacial score (nSPS) is 17.1. The number of allylic oxidation sites excluding steroid dienone is 1. The third kappa shape index (κ3) is 2.27. The quantitative estimate of drug-likeness (QED) is 0.646. The zero-order valence-electron chi connectivity index (χ0n) is 15.0. The van der Waals surface area contributed by atoms with Crippen LogP contribution in [0.5, 0.6) is 0 Å². The fourth-order valence-electron chi connectivity index (χ4n) is 4.48. The van der Waals surface area contributed by atoms with Crippen molar-refractivity contribution in [1.82, 2.24) is 14.5 Å². The number of imidazole rings is 1. The van der Waals surface area contributed by atoms with Crippen LogP contribution in [0.25, 0.3) is 11.6 Å². The van der Waals surface area contributed by atoms with Crippen molar-refractivity contribution < 1.29 is 0 Å². The minimum atomic E-state index is 0.0201. The van der Waals surface area contributed by atoms with Crippen molar-refractivity contribution in [1.29, 1.82) is 0 Å². The molecule has 2 aromatic heterocycles. The summed E-state index contributed by atoms with van der Waals surface area (Å²) in [5.41, 5.74) is 8.70. The van der Waals surface area contributed by atoms with Gasteiger partial charge < -0.3 is 4.57 Å². The Kier molecular flexibility index (Phi) is 3.38. The molecule has 0 radical (unpaired) electrons. The number of benzene rings is 1. The number of aromatic nitrogens is 3. The molecule has 5 rings (SSSR count). The first-order valence-electron chi connectivity index (χ1n) is 9.02. The van der Waals surface area contributed by atoms with Gasteiger partial charge in [-0.3, -0.25) is 4.98 Å². The lowest BCUT2D eigenvalue weighted by molar-refractivity contribution is 0.752. The van der Waals surface area contributed by atoms with E-state index in [1.165, 1.54) is 28.0 Å². The Morgan fingerprint density at radius 1 is 1.15 bits per heavy atom. The Hall–Kier alpha value is -2.39. The number of halogens is 1. The largest absolute Gasteiger partial charge is 0.337 e. The fourth-order valence-corrected chi connectivity index (χ4v) is 4.65. The number of fused-ring (bicyclic) bond motifs is 2. The topological polar surface area (TPSA) is 30.7 Å². The average Bonchev–Trinajstić information content (AvgIpc) is 3.37. The molecule has 3 nitrogen and oxygen atoms in total. The van der Waals surface area contributed by atoms with E-state index >= 15 is 0 Å². The van der Waals surface area contributed by atoms with Crippen LogP contribution in [0.2, 0.25) is 5.02 Å². The van der Waals surface area contributed by atoms with Gasteiger partial charge in [-0.2, -0.15) is 0 Å². The summed E-state index contributed by atoms with van der Waals surface area (Å²) in [7, 11) is 2.10. The molecular weight excluding hydrogens is 342 g/mol. The highest BCUT2D eigenvalue weighted by molar-refractivity contribution is 6.30. The predicted molar refractivity (Wildman–Crippen MR) is 105 cm³/mol. The molecule has 0 N–H and O–H groups in total. The van der Waals surface area contributed by atoms with E-state index in [4.69, 9.17) is 11.6 Å². The molecule has 0 saturated heterocycles. The van der Waals surface area contributed by atoms with Crippen LogP contribution in [0.4, 0.5) is 0 Å². The van der Waals surface area contributed by atoms with Gasteiger partial charge in [0.2, 0.25) is 0 Å². The summed E-state index contributed by atoms with van der Waals surface area (Å²) >= 11 is 6.40. The van der Waals surface area contributed by atoms with Crippen LogP contribution in [-0.4, -0.2) is 14.5 Å². The second-order valence-corrected chi connectivity index (χ2v) is 7.88. The van der Waals surface area contributed by atoms with E-state index in [1.807, 2.05) is 24.7 Å². The first-order chi connectivity index (χ1) is 12.6. The third-order valence-corrected chi connectivity index (χ3v) is 6.02. The van der Waals surface area contributed by atoms with E-state index in [0.717, 1.165) is 35.7 Å². The molecule has 26 heavy (non-hydrogen) atoms. The highest BCUT2D eigenvalue weighted by Crippen LogP contribution is 2.59. The number of hydrogen-bond acceptors (Lipinski definition) is 2.